The molecule has 1 N–H and O–H groups in total. The maximum absolute atomic E-state index is 11.1. The Labute approximate surface area is 111 Å². The van der Waals surface area contributed by atoms with Gasteiger partial charge in [-0.2, -0.15) is 4.98 Å². The van der Waals surface area contributed by atoms with E-state index in [1.807, 2.05) is 20.8 Å². The molecule has 1 aromatic heterocycles. The molecule has 0 radical (unpaired) electrons. The van der Waals surface area contributed by atoms with Gasteiger partial charge in [0.2, 0.25) is 5.82 Å². The summed E-state index contributed by atoms with van der Waals surface area (Å²) in [5, 5.41) is 14.1. The first-order chi connectivity index (χ1) is 8.78. The van der Waals surface area contributed by atoms with Crippen LogP contribution in [0.2, 0.25) is 0 Å². The minimum atomic E-state index is -0.566. The number of hydrogen-bond donors (Lipinski definition) is 1. The topological polar surface area (TPSA) is 99.4 Å². The molecule has 8 heteroatoms. The zero-order chi connectivity index (χ0) is 14.6. The molecule has 0 aliphatic heterocycles. The number of nitrogens with one attached hydrogen (secondary N) is 1. The van der Waals surface area contributed by atoms with Gasteiger partial charge in [-0.25, -0.2) is 4.98 Å². The molecule has 0 atom stereocenters. The van der Waals surface area contributed by atoms with Crippen molar-refractivity contribution in [2.45, 2.75) is 32.9 Å². The predicted molar refractivity (Wildman–Crippen MR) is 69.3 cm³/mol. The molecule has 106 valence electrons. The zero-order valence-corrected chi connectivity index (χ0v) is 11.7. The van der Waals surface area contributed by atoms with Gasteiger partial charge in [-0.05, 0) is 20.8 Å². The number of ether oxygens (including phenoxy) is 2. The lowest BCUT2D eigenvalue weighted by molar-refractivity contribution is -0.385. The SMILES string of the molecule is COCc1nc(NC(C)(C)C)c([N+](=O)[O-])c(OC)n1. The highest BCUT2D eigenvalue weighted by atomic mass is 16.6. The van der Waals surface area contributed by atoms with Crippen molar-refractivity contribution in [3.8, 4) is 5.88 Å². The van der Waals surface area contributed by atoms with Crippen molar-refractivity contribution in [3.05, 3.63) is 15.9 Å². The largest absolute Gasteiger partial charge is 0.476 e. The van der Waals surface area contributed by atoms with Crippen molar-refractivity contribution in [3.63, 3.8) is 0 Å². The van der Waals surface area contributed by atoms with Crippen LogP contribution < -0.4 is 10.1 Å². The number of hydrogen-bond acceptors (Lipinski definition) is 7. The van der Waals surface area contributed by atoms with E-state index in [-0.39, 0.29) is 29.5 Å². The quantitative estimate of drug-likeness (QED) is 0.642. The molecule has 0 aromatic carbocycles. The molecule has 0 amide bonds. The fourth-order valence-electron chi connectivity index (χ4n) is 1.42. The molecule has 0 saturated carbocycles. The number of aromatic nitrogens is 2. The van der Waals surface area contributed by atoms with Gasteiger partial charge in [0.1, 0.15) is 6.61 Å². The monoisotopic (exact) mass is 270 g/mol. The van der Waals surface area contributed by atoms with Crippen LogP contribution in [-0.2, 0) is 11.3 Å². The maximum Gasteiger partial charge on any atom is 0.372 e. The third-order valence-corrected chi connectivity index (χ3v) is 2.04. The van der Waals surface area contributed by atoms with E-state index in [4.69, 9.17) is 9.47 Å². The van der Waals surface area contributed by atoms with E-state index in [9.17, 15) is 10.1 Å². The Bertz CT molecular complexity index is 470. The Morgan fingerprint density at radius 2 is 1.95 bits per heavy atom. The summed E-state index contributed by atoms with van der Waals surface area (Å²) < 4.78 is 9.90. The molecular weight excluding hydrogens is 252 g/mol. The van der Waals surface area contributed by atoms with Crippen molar-refractivity contribution in [2.24, 2.45) is 0 Å². The summed E-state index contributed by atoms with van der Waals surface area (Å²) in [6.45, 7) is 5.77. The highest BCUT2D eigenvalue weighted by molar-refractivity contribution is 5.62. The van der Waals surface area contributed by atoms with E-state index in [1.54, 1.807) is 0 Å². The van der Waals surface area contributed by atoms with Crippen LogP contribution >= 0.6 is 0 Å². The molecule has 0 bridgehead atoms. The molecule has 8 nitrogen and oxygen atoms in total. The zero-order valence-electron chi connectivity index (χ0n) is 11.7. The maximum atomic E-state index is 11.1. The van der Waals surface area contributed by atoms with Gasteiger partial charge in [-0.15, -0.1) is 0 Å². The predicted octanol–water partition coefficient (Wildman–Crippen LogP) is 1.75. The van der Waals surface area contributed by atoms with Gasteiger partial charge in [-0.1, -0.05) is 0 Å². The van der Waals surface area contributed by atoms with Gasteiger partial charge in [0.25, 0.3) is 5.88 Å². The standard InChI is InChI=1S/C11H18N4O4/c1-11(2,3)14-9-8(15(16)17)10(19-5)13-7(12-9)6-18-4/h6H2,1-5H3,(H,12,13,14). The first-order valence-corrected chi connectivity index (χ1v) is 5.65. The van der Waals surface area contributed by atoms with Crippen LogP contribution in [0.5, 0.6) is 5.88 Å². The van der Waals surface area contributed by atoms with Gasteiger partial charge in [0, 0.05) is 12.6 Å². The molecule has 0 aliphatic rings. The smallest absolute Gasteiger partial charge is 0.372 e. The van der Waals surface area contributed by atoms with Crippen LogP contribution in [-0.4, -0.2) is 34.6 Å². The molecule has 0 spiro atoms. The molecule has 19 heavy (non-hydrogen) atoms. The number of nitro groups is 1. The minimum absolute atomic E-state index is 0.0844. The summed E-state index contributed by atoms with van der Waals surface area (Å²) in [7, 11) is 2.82. The van der Waals surface area contributed by atoms with E-state index in [0.717, 1.165) is 0 Å². The lowest BCUT2D eigenvalue weighted by atomic mass is 10.1. The van der Waals surface area contributed by atoms with E-state index in [0.29, 0.717) is 5.82 Å². The number of nitrogens with zero attached hydrogens (tertiary/aromatic N) is 3. The normalized spacial score (nSPS) is 11.2. The number of rotatable bonds is 5. The van der Waals surface area contributed by atoms with Crippen LogP contribution in [0.3, 0.4) is 0 Å². The summed E-state index contributed by atoms with van der Waals surface area (Å²) in [4.78, 5) is 18.6. The summed E-state index contributed by atoms with van der Waals surface area (Å²) in [6, 6.07) is 0. The van der Waals surface area contributed by atoms with E-state index in [1.165, 1.54) is 14.2 Å². The Morgan fingerprint density at radius 1 is 1.32 bits per heavy atom. The first-order valence-electron chi connectivity index (χ1n) is 5.65. The minimum Gasteiger partial charge on any atom is -0.476 e. The highest BCUT2D eigenvalue weighted by Gasteiger charge is 2.28. The van der Waals surface area contributed by atoms with Gasteiger partial charge in [0.15, 0.2) is 5.82 Å². The van der Waals surface area contributed by atoms with Crippen molar-refractivity contribution in [2.75, 3.05) is 19.5 Å². The van der Waals surface area contributed by atoms with E-state index < -0.39 is 4.92 Å². The average Bonchev–Trinajstić information content (AvgIpc) is 2.25. The van der Waals surface area contributed by atoms with Crippen LogP contribution in [0, 0.1) is 10.1 Å². The molecule has 1 rings (SSSR count). The van der Waals surface area contributed by atoms with Crippen LogP contribution in [0.25, 0.3) is 0 Å². The number of methoxy groups -OCH3 is 2. The van der Waals surface area contributed by atoms with Gasteiger partial charge >= 0.3 is 5.69 Å². The molecule has 0 unspecified atom stereocenters. The molecule has 0 aliphatic carbocycles. The van der Waals surface area contributed by atoms with E-state index >= 15 is 0 Å². The van der Waals surface area contributed by atoms with E-state index in [2.05, 4.69) is 15.3 Å². The summed E-state index contributed by atoms with van der Waals surface area (Å²) >= 11 is 0. The van der Waals surface area contributed by atoms with Crippen LogP contribution in [0.1, 0.15) is 26.6 Å². The highest BCUT2D eigenvalue weighted by Crippen LogP contribution is 2.33. The van der Waals surface area contributed by atoms with Crippen molar-refractivity contribution < 1.29 is 14.4 Å². The third kappa shape index (κ3) is 4.02. The van der Waals surface area contributed by atoms with Crippen molar-refractivity contribution in [1.29, 1.82) is 0 Å². The van der Waals surface area contributed by atoms with Gasteiger partial charge < -0.3 is 14.8 Å². The fourth-order valence-corrected chi connectivity index (χ4v) is 1.42. The molecule has 1 heterocycles. The molecule has 1 aromatic rings. The average molecular weight is 270 g/mol. The first kappa shape index (κ1) is 15.1. The third-order valence-electron chi connectivity index (χ3n) is 2.04. The Balaban J connectivity index is 3.36. The Morgan fingerprint density at radius 3 is 2.37 bits per heavy atom. The Hall–Kier alpha value is -1.96. The molecular formula is C11H18N4O4. The second-order valence-corrected chi connectivity index (χ2v) is 4.91. The van der Waals surface area contributed by atoms with Crippen molar-refractivity contribution in [1.82, 2.24) is 9.97 Å². The van der Waals surface area contributed by atoms with Gasteiger partial charge in [-0.3, -0.25) is 10.1 Å². The van der Waals surface area contributed by atoms with Crippen LogP contribution in [0.15, 0.2) is 0 Å². The summed E-state index contributed by atoms with van der Waals surface area (Å²) in [5.41, 5.74) is -0.661. The van der Waals surface area contributed by atoms with Crippen molar-refractivity contribution >= 4 is 11.5 Å². The van der Waals surface area contributed by atoms with Gasteiger partial charge in [0.05, 0.1) is 12.0 Å². The fraction of sp³-hybridized carbons (Fsp3) is 0.636. The lowest BCUT2D eigenvalue weighted by Gasteiger charge is -2.21. The Kier molecular flexibility index (Phi) is 4.60. The second kappa shape index (κ2) is 5.79. The summed E-state index contributed by atoms with van der Waals surface area (Å²) in [6.07, 6.45) is 0. The van der Waals surface area contributed by atoms with Crippen LogP contribution in [0.4, 0.5) is 11.5 Å². The number of anilines is 1. The molecule has 0 fully saturated rings. The lowest BCUT2D eigenvalue weighted by Crippen LogP contribution is -2.27. The second-order valence-electron chi connectivity index (χ2n) is 4.91. The molecule has 0 saturated heterocycles. The summed E-state index contributed by atoms with van der Waals surface area (Å²) in [5.74, 6) is 0.354.